The van der Waals surface area contributed by atoms with Crippen LogP contribution in [0.25, 0.3) is 0 Å². The molecule has 2 aromatic rings. The van der Waals surface area contributed by atoms with Crippen LogP contribution in [-0.2, 0) is 0 Å². The largest absolute Gasteiger partial charge is 0.492 e. The Labute approximate surface area is 156 Å². The molecular formula is C19H20FN3O4. The first-order valence-corrected chi connectivity index (χ1v) is 8.67. The number of hydrogen-bond donors (Lipinski definition) is 0. The number of piperazine rings is 1. The number of nitro groups is 1. The van der Waals surface area contributed by atoms with Crippen molar-refractivity contribution in [2.75, 3.05) is 39.3 Å². The molecule has 1 saturated heterocycles. The fourth-order valence-electron chi connectivity index (χ4n) is 2.93. The summed E-state index contributed by atoms with van der Waals surface area (Å²) in [5.74, 6) is 0.0111. The maximum absolute atomic E-state index is 13.0. The summed E-state index contributed by atoms with van der Waals surface area (Å²) in [6.45, 7) is 3.69. The van der Waals surface area contributed by atoms with Gasteiger partial charge in [0.2, 0.25) is 0 Å². The van der Waals surface area contributed by atoms with Crippen LogP contribution >= 0.6 is 0 Å². The van der Waals surface area contributed by atoms with Gasteiger partial charge in [-0.1, -0.05) is 6.07 Å². The molecule has 7 nitrogen and oxygen atoms in total. The van der Waals surface area contributed by atoms with E-state index in [1.165, 1.54) is 36.4 Å². The molecule has 0 spiro atoms. The van der Waals surface area contributed by atoms with Crippen molar-refractivity contribution in [3.63, 3.8) is 0 Å². The predicted octanol–water partition coefficient (Wildman–Crippen LogP) is 2.57. The Kier molecular flexibility index (Phi) is 5.97. The van der Waals surface area contributed by atoms with Gasteiger partial charge in [-0.05, 0) is 30.3 Å². The third kappa shape index (κ3) is 5.01. The van der Waals surface area contributed by atoms with Gasteiger partial charge in [-0.25, -0.2) is 4.39 Å². The van der Waals surface area contributed by atoms with Crippen molar-refractivity contribution in [1.82, 2.24) is 9.80 Å². The highest BCUT2D eigenvalue weighted by molar-refractivity contribution is 5.94. The molecule has 1 amide bonds. The molecule has 0 unspecified atom stereocenters. The first kappa shape index (κ1) is 18.8. The Morgan fingerprint density at radius 1 is 1.11 bits per heavy atom. The number of nitro benzene ring substituents is 1. The topological polar surface area (TPSA) is 75.9 Å². The minimum Gasteiger partial charge on any atom is -0.492 e. The van der Waals surface area contributed by atoms with Crippen LogP contribution in [0.2, 0.25) is 0 Å². The maximum atomic E-state index is 13.0. The summed E-state index contributed by atoms with van der Waals surface area (Å²) in [7, 11) is 0. The Bertz CT molecular complexity index is 805. The predicted molar refractivity (Wildman–Crippen MR) is 97.3 cm³/mol. The zero-order valence-electron chi connectivity index (χ0n) is 14.7. The van der Waals surface area contributed by atoms with Gasteiger partial charge in [-0.15, -0.1) is 0 Å². The van der Waals surface area contributed by atoms with Gasteiger partial charge in [0.1, 0.15) is 18.2 Å². The van der Waals surface area contributed by atoms with E-state index in [1.54, 1.807) is 17.0 Å². The van der Waals surface area contributed by atoms with E-state index in [-0.39, 0.29) is 17.4 Å². The van der Waals surface area contributed by atoms with Crippen LogP contribution in [-0.4, -0.2) is 60.0 Å². The van der Waals surface area contributed by atoms with Crippen LogP contribution in [0, 0.1) is 15.9 Å². The van der Waals surface area contributed by atoms with Crippen molar-refractivity contribution in [3.05, 3.63) is 70.0 Å². The van der Waals surface area contributed by atoms with Gasteiger partial charge in [0.05, 0.1) is 11.0 Å². The number of rotatable bonds is 6. The van der Waals surface area contributed by atoms with Gasteiger partial charge in [0.25, 0.3) is 11.6 Å². The molecule has 0 aromatic heterocycles. The molecule has 1 heterocycles. The molecule has 1 aliphatic rings. The Morgan fingerprint density at radius 2 is 1.81 bits per heavy atom. The molecule has 2 aromatic carbocycles. The van der Waals surface area contributed by atoms with Crippen molar-refractivity contribution in [2.45, 2.75) is 0 Å². The summed E-state index contributed by atoms with van der Waals surface area (Å²) < 4.78 is 18.6. The molecule has 1 aliphatic heterocycles. The average Bonchev–Trinajstić information content (AvgIpc) is 2.69. The van der Waals surface area contributed by atoms with Gasteiger partial charge in [-0.3, -0.25) is 19.8 Å². The number of ether oxygens (including phenoxy) is 1. The molecule has 8 heteroatoms. The number of benzene rings is 2. The zero-order chi connectivity index (χ0) is 19.2. The van der Waals surface area contributed by atoms with Gasteiger partial charge in [0.15, 0.2) is 0 Å². The second-order valence-corrected chi connectivity index (χ2v) is 6.24. The Hall–Kier alpha value is -3.00. The fourth-order valence-corrected chi connectivity index (χ4v) is 2.93. The molecule has 27 heavy (non-hydrogen) atoms. The van der Waals surface area contributed by atoms with Crippen LogP contribution in [0.15, 0.2) is 48.5 Å². The number of carbonyl (C=O) groups excluding carboxylic acids is 1. The van der Waals surface area contributed by atoms with E-state index in [0.717, 1.165) is 0 Å². The third-order valence-corrected chi connectivity index (χ3v) is 4.46. The van der Waals surface area contributed by atoms with Crippen molar-refractivity contribution in [3.8, 4) is 5.75 Å². The number of carbonyl (C=O) groups is 1. The monoisotopic (exact) mass is 373 g/mol. The standard InChI is InChI=1S/C19H20FN3O4/c20-16-6-4-15(5-7-16)19(24)22-10-8-21(9-11-22)12-13-27-18-3-1-2-17(14-18)23(25)26/h1-7,14H,8-13H2. The average molecular weight is 373 g/mol. The van der Waals surface area contributed by atoms with Gasteiger partial charge < -0.3 is 9.64 Å². The lowest BCUT2D eigenvalue weighted by molar-refractivity contribution is -0.384. The zero-order valence-corrected chi connectivity index (χ0v) is 14.7. The molecule has 0 radical (unpaired) electrons. The normalized spacial score (nSPS) is 14.8. The quantitative estimate of drug-likeness (QED) is 0.575. The van der Waals surface area contributed by atoms with Crippen LogP contribution in [0.4, 0.5) is 10.1 Å². The first-order valence-electron chi connectivity index (χ1n) is 8.67. The van der Waals surface area contributed by atoms with Crippen LogP contribution in [0.1, 0.15) is 10.4 Å². The van der Waals surface area contributed by atoms with Gasteiger partial charge >= 0.3 is 0 Å². The summed E-state index contributed by atoms with van der Waals surface area (Å²) in [5, 5.41) is 10.8. The van der Waals surface area contributed by atoms with E-state index in [9.17, 15) is 19.3 Å². The molecule has 0 bridgehead atoms. The molecule has 1 fully saturated rings. The first-order chi connectivity index (χ1) is 13.0. The highest BCUT2D eigenvalue weighted by Crippen LogP contribution is 2.19. The molecule has 0 saturated carbocycles. The van der Waals surface area contributed by atoms with Crippen molar-refractivity contribution < 1.29 is 18.8 Å². The van der Waals surface area contributed by atoms with Crippen LogP contribution < -0.4 is 4.74 Å². The second-order valence-electron chi connectivity index (χ2n) is 6.24. The highest BCUT2D eigenvalue weighted by Gasteiger charge is 2.22. The fraction of sp³-hybridized carbons (Fsp3) is 0.316. The van der Waals surface area contributed by atoms with Crippen LogP contribution in [0.5, 0.6) is 5.75 Å². The minimum absolute atomic E-state index is 0.000389. The van der Waals surface area contributed by atoms with E-state index >= 15 is 0 Å². The molecule has 142 valence electrons. The van der Waals surface area contributed by atoms with Crippen LogP contribution in [0.3, 0.4) is 0 Å². The Morgan fingerprint density at radius 3 is 2.48 bits per heavy atom. The molecule has 0 aliphatic carbocycles. The number of non-ortho nitro benzene ring substituents is 1. The van der Waals surface area contributed by atoms with Gasteiger partial charge in [-0.2, -0.15) is 0 Å². The van der Waals surface area contributed by atoms with Crippen molar-refractivity contribution >= 4 is 11.6 Å². The smallest absolute Gasteiger partial charge is 0.273 e. The lowest BCUT2D eigenvalue weighted by atomic mass is 10.2. The summed E-state index contributed by atoms with van der Waals surface area (Å²) in [6.07, 6.45) is 0. The minimum atomic E-state index is -0.454. The highest BCUT2D eigenvalue weighted by atomic mass is 19.1. The van der Waals surface area contributed by atoms with E-state index in [1.807, 2.05) is 0 Å². The molecule has 3 rings (SSSR count). The maximum Gasteiger partial charge on any atom is 0.273 e. The lowest BCUT2D eigenvalue weighted by Gasteiger charge is -2.34. The molecule has 0 N–H and O–H groups in total. The van der Waals surface area contributed by atoms with E-state index in [0.29, 0.717) is 50.6 Å². The van der Waals surface area contributed by atoms with Gasteiger partial charge in [0, 0.05) is 44.4 Å². The number of amides is 1. The Balaban J connectivity index is 1.43. The second kappa shape index (κ2) is 8.59. The number of halogens is 1. The summed E-state index contributed by atoms with van der Waals surface area (Å²) in [4.78, 5) is 26.7. The van der Waals surface area contributed by atoms with Crippen molar-refractivity contribution in [2.24, 2.45) is 0 Å². The van der Waals surface area contributed by atoms with E-state index in [4.69, 9.17) is 4.74 Å². The summed E-state index contributed by atoms with van der Waals surface area (Å²) >= 11 is 0. The summed E-state index contributed by atoms with van der Waals surface area (Å²) in [5.41, 5.74) is 0.485. The number of hydrogen-bond acceptors (Lipinski definition) is 5. The number of nitrogens with zero attached hydrogens (tertiary/aromatic N) is 3. The lowest BCUT2D eigenvalue weighted by Crippen LogP contribution is -2.49. The van der Waals surface area contributed by atoms with E-state index < -0.39 is 4.92 Å². The molecular weight excluding hydrogens is 353 g/mol. The third-order valence-electron chi connectivity index (χ3n) is 4.46. The van der Waals surface area contributed by atoms with E-state index in [2.05, 4.69) is 4.90 Å². The van der Waals surface area contributed by atoms with Crippen molar-refractivity contribution in [1.29, 1.82) is 0 Å². The summed E-state index contributed by atoms with van der Waals surface area (Å²) in [6, 6.07) is 11.7. The molecule has 0 atom stereocenters. The SMILES string of the molecule is O=C(c1ccc(F)cc1)N1CCN(CCOc2cccc([N+](=O)[O-])c2)CC1.